The third-order valence-electron chi connectivity index (χ3n) is 9.14. The van der Waals surface area contributed by atoms with Gasteiger partial charge in [-0.05, 0) is 66.6 Å². The molecule has 4 saturated carbocycles. The van der Waals surface area contributed by atoms with E-state index in [4.69, 9.17) is 4.74 Å². The Bertz CT molecular complexity index is 759. The molecular formula is C21H27F5O5. The molecule has 11 unspecified atom stereocenters. The normalized spacial score (nSPS) is 52.4. The number of esters is 1. The summed E-state index contributed by atoms with van der Waals surface area (Å²) in [7, 11) is 0. The molecule has 1 saturated heterocycles. The molecule has 5 rings (SSSR count). The molecule has 0 amide bonds. The highest BCUT2D eigenvalue weighted by Gasteiger charge is 2.74. The van der Waals surface area contributed by atoms with Gasteiger partial charge in [-0.3, -0.25) is 4.79 Å². The Morgan fingerprint density at radius 3 is 2.35 bits per heavy atom. The topological polar surface area (TPSA) is 65.0 Å². The summed E-state index contributed by atoms with van der Waals surface area (Å²) in [6.45, 7) is 2.12. The van der Waals surface area contributed by atoms with Gasteiger partial charge in [0.2, 0.25) is 0 Å². The minimum Gasteiger partial charge on any atom is -0.460 e. The van der Waals surface area contributed by atoms with Gasteiger partial charge in [-0.25, -0.2) is 0 Å². The van der Waals surface area contributed by atoms with E-state index in [1.165, 1.54) is 6.42 Å². The fraction of sp³-hybridized carbons (Fsp3) is 0.952. The van der Waals surface area contributed by atoms with Crippen LogP contribution >= 0.6 is 0 Å². The number of carbonyl (C=O) groups is 1. The number of ether oxygens (including phenoxy) is 3. The van der Waals surface area contributed by atoms with Crippen LogP contribution in [0.2, 0.25) is 0 Å². The lowest BCUT2D eigenvalue weighted by Gasteiger charge is -2.43. The predicted molar refractivity (Wildman–Crippen MR) is 94.3 cm³/mol. The summed E-state index contributed by atoms with van der Waals surface area (Å²) < 4.78 is 80.0. The van der Waals surface area contributed by atoms with Crippen LogP contribution in [0.25, 0.3) is 0 Å². The Kier molecular flexibility index (Phi) is 4.76. The number of hydrogen-bond donors (Lipinski definition) is 1. The molecule has 4 bridgehead atoms. The van der Waals surface area contributed by atoms with E-state index in [2.05, 4.69) is 23.3 Å². The molecule has 0 spiro atoms. The summed E-state index contributed by atoms with van der Waals surface area (Å²) >= 11 is 0. The molecule has 4 aliphatic carbocycles. The van der Waals surface area contributed by atoms with E-state index in [1.54, 1.807) is 0 Å². The number of alkyl halides is 5. The van der Waals surface area contributed by atoms with Crippen molar-refractivity contribution in [3.8, 4) is 0 Å². The lowest BCUT2D eigenvalue weighted by atomic mass is 9.62. The SMILES string of the molecule is CC1C(C)C2CC1C1C3CC(C(=O)OCC4OCC(F)(F)C(O)(C(F)(F)F)O4)C(C3)C21. The van der Waals surface area contributed by atoms with E-state index in [1.807, 2.05) is 0 Å². The minimum atomic E-state index is -5.74. The highest BCUT2D eigenvalue weighted by Crippen LogP contribution is 2.71. The maximum absolute atomic E-state index is 13.6. The van der Waals surface area contributed by atoms with Gasteiger partial charge in [0.05, 0.1) is 5.92 Å². The van der Waals surface area contributed by atoms with Gasteiger partial charge in [0, 0.05) is 0 Å². The number of rotatable bonds is 3. The van der Waals surface area contributed by atoms with Crippen LogP contribution in [0, 0.1) is 53.3 Å². The molecule has 1 heterocycles. The Balaban J connectivity index is 1.21. The van der Waals surface area contributed by atoms with Crippen molar-refractivity contribution >= 4 is 5.97 Å². The van der Waals surface area contributed by atoms with Crippen molar-refractivity contribution in [3.05, 3.63) is 0 Å². The Morgan fingerprint density at radius 1 is 1.06 bits per heavy atom. The van der Waals surface area contributed by atoms with Crippen LogP contribution in [0.1, 0.15) is 33.1 Å². The zero-order chi connectivity index (χ0) is 22.5. The zero-order valence-corrected chi connectivity index (χ0v) is 17.3. The average molecular weight is 454 g/mol. The highest BCUT2D eigenvalue weighted by molar-refractivity contribution is 5.73. The van der Waals surface area contributed by atoms with Gasteiger partial charge in [-0.15, -0.1) is 0 Å². The molecule has 0 aromatic rings. The molecule has 0 aromatic carbocycles. The van der Waals surface area contributed by atoms with Gasteiger partial charge in [0.1, 0.15) is 13.2 Å². The Hall–Kier alpha value is -1.00. The number of hydrogen-bond acceptors (Lipinski definition) is 5. The Morgan fingerprint density at radius 2 is 1.71 bits per heavy atom. The van der Waals surface area contributed by atoms with E-state index in [0.29, 0.717) is 47.8 Å². The van der Waals surface area contributed by atoms with Crippen LogP contribution in [0.5, 0.6) is 0 Å². The summed E-state index contributed by atoms with van der Waals surface area (Å²) in [6.07, 6.45) is -4.79. The van der Waals surface area contributed by atoms with Gasteiger partial charge in [-0.2, -0.15) is 22.0 Å². The van der Waals surface area contributed by atoms with Crippen molar-refractivity contribution in [2.45, 2.75) is 57.3 Å². The average Bonchev–Trinajstić information content (AvgIpc) is 3.41. The first-order valence-corrected chi connectivity index (χ1v) is 11.0. The monoisotopic (exact) mass is 454 g/mol. The van der Waals surface area contributed by atoms with Crippen molar-refractivity contribution in [2.24, 2.45) is 53.3 Å². The quantitative estimate of drug-likeness (QED) is 0.401. The molecule has 1 aliphatic heterocycles. The summed E-state index contributed by atoms with van der Waals surface area (Å²) in [5, 5.41) is 9.46. The first-order valence-electron chi connectivity index (χ1n) is 11.0. The van der Waals surface area contributed by atoms with Gasteiger partial charge >= 0.3 is 23.9 Å². The molecule has 5 nitrogen and oxygen atoms in total. The van der Waals surface area contributed by atoms with E-state index in [9.17, 15) is 31.9 Å². The third kappa shape index (κ3) is 2.93. The van der Waals surface area contributed by atoms with Crippen LogP contribution in [-0.4, -0.2) is 48.5 Å². The van der Waals surface area contributed by atoms with Crippen LogP contribution in [0.4, 0.5) is 22.0 Å². The van der Waals surface area contributed by atoms with Gasteiger partial charge in [0.25, 0.3) is 0 Å². The molecule has 10 heteroatoms. The highest BCUT2D eigenvalue weighted by atomic mass is 19.4. The van der Waals surface area contributed by atoms with E-state index < -0.39 is 43.4 Å². The van der Waals surface area contributed by atoms with E-state index in [-0.39, 0.29) is 11.8 Å². The number of aliphatic hydroxyl groups is 1. The van der Waals surface area contributed by atoms with Crippen molar-refractivity contribution in [1.82, 2.24) is 0 Å². The molecule has 176 valence electrons. The fourth-order valence-electron chi connectivity index (χ4n) is 7.72. The Labute approximate surface area is 176 Å². The predicted octanol–water partition coefficient (Wildman–Crippen LogP) is 3.60. The van der Waals surface area contributed by atoms with Gasteiger partial charge in [-0.1, -0.05) is 13.8 Å². The third-order valence-corrected chi connectivity index (χ3v) is 9.14. The number of carbonyl (C=O) groups excluding carboxylic acids is 1. The summed E-state index contributed by atoms with van der Waals surface area (Å²) in [5.41, 5.74) is 0. The molecule has 0 aromatic heterocycles. The molecule has 0 radical (unpaired) electrons. The second-order valence-electron chi connectivity index (χ2n) is 10.3. The second-order valence-corrected chi connectivity index (χ2v) is 10.3. The van der Waals surface area contributed by atoms with Crippen LogP contribution in [0.3, 0.4) is 0 Å². The number of fused-ring (bicyclic) bond motifs is 9. The van der Waals surface area contributed by atoms with Crippen molar-refractivity contribution in [3.63, 3.8) is 0 Å². The summed E-state index contributed by atoms with van der Waals surface area (Å²) in [5.74, 6) is -5.81. The van der Waals surface area contributed by atoms with Crippen molar-refractivity contribution in [1.29, 1.82) is 0 Å². The zero-order valence-electron chi connectivity index (χ0n) is 17.3. The maximum atomic E-state index is 13.6. The summed E-state index contributed by atoms with van der Waals surface area (Å²) in [4.78, 5) is 12.7. The summed E-state index contributed by atoms with van der Waals surface area (Å²) in [6, 6.07) is 0. The van der Waals surface area contributed by atoms with Crippen molar-refractivity contribution in [2.75, 3.05) is 13.2 Å². The molecule has 5 aliphatic rings. The standard InChI is InChI=1S/C21H27F5O5/c1-8-9(2)12-5-11(8)16-10-3-13(17(12)16)14(4-10)18(27)29-6-15-30-7-19(22,23)20(28,31-15)21(24,25)26/h8-17,28H,3-7H2,1-2H3. The lowest BCUT2D eigenvalue weighted by molar-refractivity contribution is -0.490. The smallest absolute Gasteiger partial charge is 0.449 e. The van der Waals surface area contributed by atoms with Crippen LogP contribution in [-0.2, 0) is 19.0 Å². The first-order chi connectivity index (χ1) is 14.4. The molecule has 31 heavy (non-hydrogen) atoms. The molecule has 11 atom stereocenters. The largest absolute Gasteiger partial charge is 0.460 e. The maximum Gasteiger partial charge on any atom is 0.449 e. The number of halogens is 5. The van der Waals surface area contributed by atoms with E-state index in [0.717, 1.165) is 6.42 Å². The molecule has 1 N–H and O–H groups in total. The second kappa shape index (κ2) is 6.76. The van der Waals surface area contributed by atoms with Gasteiger partial charge < -0.3 is 19.3 Å². The molecular weight excluding hydrogens is 427 g/mol. The molecule has 5 fully saturated rings. The van der Waals surface area contributed by atoms with Crippen LogP contribution < -0.4 is 0 Å². The van der Waals surface area contributed by atoms with Gasteiger partial charge in [0.15, 0.2) is 6.29 Å². The lowest BCUT2D eigenvalue weighted by Crippen LogP contribution is -2.67. The van der Waals surface area contributed by atoms with Crippen molar-refractivity contribution < 1.29 is 46.1 Å². The van der Waals surface area contributed by atoms with Crippen LogP contribution in [0.15, 0.2) is 0 Å². The first kappa shape index (κ1) is 21.8. The van der Waals surface area contributed by atoms with E-state index >= 15 is 0 Å². The fourth-order valence-corrected chi connectivity index (χ4v) is 7.72. The minimum absolute atomic E-state index is 0.206.